The third kappa shape index (κ3) is 3.75. The van der Waals surface area contributed by atoms with Crippen molar-refractivity contribution in [2.45, 2.75) is 36.9 Å². The van der Waals surface area contributed by atoms with Crippen LogP contribution in [0.1, 0.15) is 20.3 Å². The van der Waals surface area contributed by atoms with E-state index in [4.69, 9.17) is 22.1 Å². The van der Waals surface area contributed by atoms with Crippen LogP contribution in [0.2, 0.25) is 5.02 Å². The van der Waals surface area contributed by atoms with Crippen molar-refractivity contribution in [2.24, 2.45) is 0 Å². The first-order valence-electron chi connectivity index (χ1n) is 6.77. The van der Waals surface area contributed by atoms with Gasteiger partial charge in [-0.2, -0.15) is 0 Å². The lowest BCUT2D eigenvalue weighted by molar-refractivity contribution is -0.115. The zero-order valence-corrected chi connectivity index (χ0v) is 13.5. The molecule has 1 aromatic rings. The third-order valence-corrected chi connectivity index (χ3v) is 5.96. The number of carbonyl (C=O) groups excluding carboxylic acids is 1. The number of hydrogen-bond donors (Lipinski definition) is 2. The molecule has 4 atom stereocenters. The molecule has 4 unspecified atom stereocenters. The fourth-order valence-corrected chi connectivity index (χ4v) is 4.03. The number of amides is 1. The summed E-state index contributed by atoms with van der Waals surface area (Å²) in [5.41, 5.74) is 6.65. The van der Waals surface area contributed by atoms with Crippen molar-refractivity contribution >= 4 is 39.7 Å². The molecular formula is C14H19ClN2O3S. The molecule has 1 aliphatic heterocycles. The summed E-state index contributed by atoms with van der Waals surface area (Å²) in [7, 11) is -1.29. The van der Waals surface area contributed by atoms with E-state index >= 15 is 0 Å². The number of nitrogens with one attached hydrogen (secondary N) is 1. The Hall–Kier alpha value is -1.11. The molecule has 0 radical (unpaired) electrons. The number of anilines is 2. The lowest BCUT2D eigenvalue weighted by Gasteiger charge is -2.19. The van der Waals surface area contributed by atoms with E-state index in [-0.39, 0.29) is 17.3 Å². The monoisotopic (exact) mass is 330 g/mol. The fraction of sp³-hybridized carbons (Fsp3) is 0.500. The van der Waals surface area contributed by atoms with Gasteiger partial charge in [0.1, 0.15) is 5.25 Å². The van der Waals surface area contributed by atoms with Crippen molar-refractivity contribution in [3.05, 3.63) is 23.2 Å². The number of ether oxygens (including phenoxy) is 1. The van der Waals surface area contributed by atoms with Gasteiger partial charge in [-0.3, -0.25) is 9.00 Å². The number of nitrogen functional groups attached to an aromatic ring is 1. The quantitative estimate of drug-likeness (QED) is 0.829. The average molecular weight is 331 g/mol. The molecule has 1 amide bonds. The van der Waals surface area contributed by atoms with E-state index < -0.39 is 16.0 Å². The molecule has 0 spiro atoms. The number of nitrogens with two attached hydrogens (primary N) is 1. The van der Waals surface area contributed by atoms with Gasteiger partial charge in [-0.1, -0.05) is 11.6 Å². The zero-order valence-electron chi connectivity index (χ0n) is 12.0. The second-order valence-corrected chi connectivity index (χ2v) is 7.50. The van der Waals surface area contributed by atoms with Crippen molar-refractivity contribution in [2.75, 3.05) is 17.7 Å². The molecule has 0 aromatic heterocycles. The molecule has 1 fully saturated rings. The zero-order chi connectivity index (χ0) is 15.6. The van der Waals surface area contributed by atoms with Crippen LogP contribution in [0, 0.1) is 0 Å². The minimum Gasteiger partial charge on any atom is -0.397 e. The van der Waals surface area contributed by atoms with Crippen LogP contribution in [0.4, 0.5) is 11.4 Å². The van der Waals surface area contributed by atoms with Gasteiger partial charge in [0.25, 0.3) is 0 Å². The Labute approximate surface area is 131 Å². The van der Waals surface area contributed by atoms with Crippen LogP contribution in [0.5, 0.6) is 0 Å². The van der Waals surface area contributed by atoms with E-state index in [1.807, 2.05) is 6.92 Å². The summed E-state index contributed by atoms with van der Waals surface area (Å²) in [5, 5.41) is 2.47. The van der Waals surface area contributed by atoms with Crippen LogP contribution in [-0.4, -0.2) is 33.3 Å². The Morgan fingerprint density at radius 3 is 2.86 bits per heavy atom. The number of halogens is 1. The summed E-state index contributed by atoms with van der Waals surface area (Å²) < 4.78 is 17.9. The minimum absolute atomic E-state index is 0.0818. The lowest BCUT2D eigenvalue weighted by Crippen LogP contribution is -2.37. The van der Waals surface area contributed by atoms with Crippen molar-refractivity contribution < 1.29 is 13.7 Å². The second kappa shape index (κ2) is 6.77. The van der Waals surface area contributed by atoms with Gasteiger partial charge in [-0.05, 0) is 38.5 Å². The Morgan fingerprint density at radius 1 is 1.57 bits per heavy atom. The Kier molecular flexibility index (Phi) is 5.24. The maximum absolute atomic E-state index is 12.4. The Morgan fingerprint density at radius 2 is 2.29 bits per heavy atom. The molecule has 2 rings (SSSR count). The Bertz CT molecular complexity index is 567. The number of benzene rings is 1. The maximum atomic E-state index is 12.4. The highest BCUT2D eigenvalue weighted by molar-refractivity contribution is 7.87. The molecule has 21 heavy (non-hydrogen) atoms. The highest BCUT2D eigenvalue weighted by Crippen LogP contribution is 2.25. The van der Waals surface area contributed by atoms with Crippen LogP contribution >= 0.6 is 11.6 Å². The van der Waals surface area contributed by atoms with E-state index in [2.05, 4.69) is 5.32 Å². The summed E-state index contributed by atoms with van der Waals surface area (Å²) in [5.74, 6) is -0.318. The highest BCUT2D eigenvalue weighted by atomic mass is 35.5. The molecule has 7 heteroatoms. The van der Waals surface area contributed by atoms with E-state index in [9.17, 15) is 9.00 Å². The standard InChI is InChI=1S/C14H19ClN2O3S/c1-8-13(5-6-20-8)21(19)9(2)14(18)17-12-4-3-10(15)7-11(12)16/h3-4,7-9,13H,5-6,16H2,1-2H3,(H,17,18). The van der Waals surface area contributed by atoms with Crippen molar-refractivity contribution in [3.63, 3.8) is 0 Å². The van der Waals surface area contributed by atoms with Crippen molar-refractivity contribution in [3.8, 4) is 0 Å². The van der Waals surface area contributed by atoms with Gasteiger partial charge in [-0.15, -0.1) is 0 Å². The van der Waals surface area contributed by atoms with Gasteiger partial charge < -0.3 is 15.8 Å². The van der Waals surface area contributed by atoms with Gasteiger partial charge in [0.05, 0.1) is 22.7 Å². The number of hydrogen-bond acceptors (Lipinski definition) is 4. The summed E-state index contributed by atoms with van der Waals surface area (Å²) in [4.78, 5) is 12.2. The molecule has 0 aliphatic carbocycles. The topological polar surface area (TPSA) is 81.4 Å². The summed E-state index contributed by atoms with van der Waals surface area (Å²) in [6.45, 7) is 4.13. The van der Waals surface area contributed by atoms with Crippen molar-refractivity contribution in [1.29, 1.82) is 0 Å². The summed E-state index contributed by atoms with van der Waals surface area (Å²) >= 11 is 5.81. The second-order valence-electron chi connectivity index (χ2n) is 5.09. The fourth-order valence-electron chi connectivity index (χ4n) is 2.27. The molecule has 1 aliphatic rings. The molecule has 1 aromatic carbocycles. The molecule has 116 valence electrons. The first kappa shape index (κ1) is 16.3. The van der Waals surface area contributed by atoms with E-state index in [0.29, 0.717) is 29.4 Å². The lowest BCUT2D eigenvalue weighted by atomic mass is 10.2. The molecule has 5 nitrogen and oxygen atoms in total. The van der Waals surface area contributed by atoms with Crippen LogP contribution in [-0.2, 0) is 20.3 Å². The smallest absolute Gasteiger partial charge is 0.239 e. The largest absolute Gasteiger partial charge is 0.397 e. The summed E-state index contributed by atoms with van der Waals surface area (Å²) in [6, 6.07) is 4.83. The molecule has 3 N–H and O–H groups in total. The average Bonchev–Trinajstić information content (AvgIpc) is 2.86. The predicted molar refractivity (Wildman–Crippen MR) is 85.9 cm³/mol. The van der Waals surface area contributed by atoms with Crippen molar-refractivity contribution in [1.82, 2.24) is 0 Å². The normalized spacial score (nSPS) is 24.5. The third-order valence-electron chi connectivity index (χ3n) is 3.59. The molecule has 0 bridgehead atoms. The van der Waals surface area contributed by atoms with Crippen LogP contribution in [0.25, 0.3) is 0 Å². The minimum atomic E-state index is -1.29. The van der Waals surface area contributed by atoms with Gasteiger partial charge >= 0.3 is 0 Å². The molecule has 1 heterocycles. The highest BCUT2D eigenvalue weighted by Gasteiger charge is 2.34. The predicted octanol–water partition coefficient (Wildman–Crippen LogP) is 2.18. The molecule has 1 saturated heterocycles. The van der Waals surface area contributed by atoms with Gasteiger partial charge in [-0.25, -0.2) is 0 Å². The van der Waals surface area contributed by atoms with E-state index in [1.54, 1.807) is 25.1 Å². The molecular weight excluding hydrogens is 312 g/mol. The number of rotatable bonds is 4. The first-order valence-corrected chi connectivity index (χ1v) is 8.42. The first-order chi connectivity index (χ1) is 9.90. The molecule has 0 saturated carbocycles. The maximum Gasteiger partial charge on any atom is 0.239 e. The van der Waals surface area contributed by atoms with Crippen LogP contribution in [0.15, 0.2) is 18.2 Å². The van der Waals surface area contributed by atoms with E-state index in [1.165, 1.54) is 0 Å². The SMILES string of the molecule is CC1OCCC1S(=O)C(C)C(=O)Nc1ccc(Cl)cc1N. The summed E-state index contributed by atoms with van der Waals surface area (Å²) in [6.07, 6.45) is 0.635. The Balaban J connectivity index is 2.03. The number of carbonyl (C=O) groups is 1. The van der Waals surface area contributed by atoms with Gasteiger partial charge in [0.2, 0.25) is 5.91 Å². The van der Waals surface area contributed by atoms with Gasteiger partial charge in [0.15, 0.2) is 0 Å². The van der Waals surface area contributed by atoms with E-state index in [0.717, 1.165) is 0 Å². The van der Waals surface area contributed by atoms with Crippen LogP contribution in [0.3, 0.4) is 0 Å². The van der Waals surface area contributed by atoms with Gasteiger partial charge in [0, 0.05) is 22.4 Å². The van der Waals surface area contributed by atoms with Crippen LogP contribution < -0.4 is 11.1 Å².